The molecule has 4 heteroatoms. The van der Waals surface area contributed by atoms with Crippen LogP contribution in [0.5, 0.6) is 0 Å². The molecule has 0 aliphatic carbocycles. The van der Waals surface area contributed by atoms with E-state index in [-0.39, 0.29) is 0 Å². The van der Waals surface area contributed by atoms with Crippen LogP contribution in [0, 0.1) is 0 Å². The summed E-state index contributed by atoms with van der Waals surface area (Å²) in [6.45, 7) is 3.23. The van der Waals surface area contributed by atoms with Crippen LogP contribution in [0.15, 0.2) is 0 Å². The summed E-state index contributed by atoms with van der Waals surface area (Å²) in [6, 6.07) is 0. The van der Waals surface area contributed by atoms with Gasteiger partial charge in [0.15, 0.2) is 0 Å². The van der Waals surface area contributed by atoms with Crippen molar-refractivity contribution in [1.29, 1.82) is 0 Å². The Morgan fingerprint density at radius 3 is 2.89 bits per heavy atom. The molecule has 58 valence electrons. The fraction of sp³-hybridized carbons (Fsp3) is 1.00. The van der Waals surface area contributed by atoms with E-state index in [4.69, 9.17) is 0 Å². The molecule has 9 heavy (non-hydrogen) atoms. The van der Waals surface area contributed by atoms with Crippen molar-refractivity contribution in [3.8, 4) is 0 Å². The molecule has 0 aromatic heterocycles. The van der Waals surface area contributed by atoms with Gasteiger partial charge >= 0.3 is 81.9 Å². The fourth-order valence-corrected chi connectivity index (χ4v) is 2.03. The molecule has 0 rings (SSSR count). The molecule has 0 saturated heterocycles. The summed E-state index contributed by atoms with van der Waals surface area (Å²) in [4.78, 5) is 0. The molecule has 0 aromatic carbocycles. The number of alkyl halides is 2. The van der Waals surface area contributed by atoms with Crippen molar-refractivity contribution in [2.24, 2.45) is 0 Å². The maximum atomic E-state index is 3.38. The van der Waals surface area contributed by atoms with E-state index in [0.717, 1.165) is 11.2 Å². The van der Waals surface area contributed by atoms with Crippen molar-refractivity contribution in [2.75, 3.05) is 15.6 Å². The predicted molar refractivity (Wildman–Crippen MR) is 45.2 cm³/mol. The van der Waals surface area contributed by atoms with Crippen molar-refractivity contribution in [3.63, 3.8) is 0 Å². The molecule has 0 unspecified atom stereocenters. The Bertz CT molecular complexity index is 46.2. The van der Waals surface area contributed by atoms with Crippen LogP contribution in [0.3, 0.4) is 0 Å². The summed E-state index contributed by atoms with van der Waals surface area (Å²) in [5, 5.41) is 3.21. The van der Waals surface area contributed by atoms with Gasteiger partial charge < -0.3 is 0 Å². The monoisotopic (exact) mass is 355 g/mol. The first-order valence-corrected chi connectivity index (χ1v) is 7.12. The maximum absolute atomic E-state index is 3.38. The van der Waals surface area contributed by atoms with Crippen LogP contribution in [0.25, 0.3) is 0 Å². The first-order valence-electron chi connectivity index (χ1n) is 2.99. The number of hydrogen-bond acceptors (Lipinski definition) is 2. The molecular formula is C5H13I2N2-. The quantitative estimate of drug-likeness (QED) is 0.143. The van der Waals surface area contributed by atoms with Crippen LogP contribution in [0.2, 0.25) is 0 Å². The Morgan fingerprint density at radius 2 is 2.33 bits per heavy atom. The number of nitrogens with one attached hydrogen (secondary N) is 2. The summed E-state index contributed by atoms with van der Waals surface area (Å²) in [6.07, 6.45) is 1.32. The summed E-state index contributed by atoms with van der Waals surface area (Å²) < 4.78 is 5.81. The zero-order valence-corrected chi connectivity index (χ0v) is 9.90. The van der Waals surface area contributed by atoms with Crippen LogP contribution in [-0.4, -0.2) is 15.6 Å². The van der Waals surface area contributed by atoms with E-state index in [2.05, 4.69) is 38.4 Å². The SMILES string of the molecule is CCC[I-]NCNCI. The number of hydrogen-bond donors (Lipinski definition) is 2. The number of rotatable bonds is 6. The third kappa shape index (κ3) is 9.38. The van der Waals surface area contributed by atoms with Gasteiger partial charge in [-0.2, -0.15) is 0 Å². The van der Waals surface area contributed by atoms with Gasteiger partial charge in [0.2, 0.25) is 0 Å². The zero-order valence-electron chi connectivity index (χ0n) is 5.58. The Morgan fingerprint density at radius 1 is 1.56 bits per heavy atom. The van der Waals surface area contributed by atoms with E-state index in [1.165, 1.54) is 10.8 Å². The molecule has 0 heterocycles. The Labute approximate surface area is 81.3 Å². The minimum absolute atomic E-state index is 0.296. The van der Waals surface area contributed by atoms with Gasteiger partial charge in [-0.25, -0.2) is 0 Å². The van der Waals surface area contributed by atoms with Crippen LogP contribution in [-0.2, 0) is 0 Å². The third-order valence-corrected chi connectivity index (χ3v) is 3.74. The molecule has 0 spiro atoms. The Balaban J connectivity index is 2.60. The van der Waals surface area contributed by atoms with E-state index in [0.29, 0.717) is 21.5 Å². The van der Waals surface area contributed by atoms with Gasteiger partial charge in [-0.15, -0.1) is 0 Å². The topological polar surface area (TPSA) is 24.1 Å². The van der Waals surface area contributed by atoms with Crippen molar-refractivity contribution < 1.29 is 21.5 Å². The normalized spacial score (nSPS) is 10.4. The summed E-state index contributed by atoms with van der Waals surface area (Å²) in [7, 11) is 0. The standard InChI is InChI=1S/C5H13I2N2/c1-2-3-7-9-5-8-4-6/h8-9H,2-5H2,1H3/q-1. The summed E-state index contributed by atoms with van der Waals surface area (Å²) in [5.74, 6) is 0. The number of halogens is 2. The third-order valence-electron chi connectivity index (χ3n) is 0.664. The second-order valence-electron chi connectivity index (χ2n) is 1.52. The van der Waals surface area contributed by atoms with Gasteiger partial charge in [0.05, 0.1) is 0 Å². The minimum atomic E-state index is 0.296. The molecule has 2 nitrogen and oxygen atoms in total. The van der Waals surface area contributed by atoms with Gasteiger partial charge in [-0.3, -0.25) is 0 Å². The van der Waals surface area contributed by atoms with Crippen LogP contribution in [0.1, 0.15) is 13.3 Å². The van der Waals surface area contributed by atoms with Crippen molar-refractivity contribution in [3.05, 3.63) is 0 Å². The fourth-order valence-electron chi connectivity index (χ4n) is 0.303. The Kier molecular flexibility index (Phi) is 10.8. The van der Waals surface area contributed by atoms with Crippen molar-refractivity contribution in [2.45, 2.75) is 13.3 Å². The van der Waals surface area contributed by atoms with Crippen LogP contribution >= 0.6 is 22.6 Å². The molecule has 0 saturated carbocycles. The molecule has 0 amide bonds. The molecule has 2 N–H and O–H groups in total. The first-order chi connectivity index (χ1) is 4.41. The second kappa shape index (κ2) is 9.38. The zero-order chi connectivity index (χ0) is 6.95. The Hall–Kier alpha value is 1.38. The van der Waals surface area contributed by atoms with Gasteiger partial charge in [-0.05, 0) is 0 Å². The van der Waals surface area contributed by atoms with Gasteiger partial charge in [-0.1, -0.05) is 0 Å². The van der Waals surface area contributed by atoms with E-state index in [1.54, 1.807) is 0 Å². The van der Waals surface area contributed by atoms with Crippen LogP contribution in [0.4, 0.5) is 0 Å². The van der Waals surface area contributed by atoms with Crippen molar-refractivity contribution >= 4 is 22.6 Å². The summed E-state index contributed by atoms with van der Waals surface area (Å²) >= 11 is 2.61. The van der Waals surface area contributed by atoms with Gasteiger partial charge in [0.1, 0.15) is 0 Å². The van der Waals surface area contributed by atoms with Crippen molar-refractivity contribution in [1.82, 2.24) is 8.85 Å². The second-order valence-corrected chi connectivity index (χ2v) is 4.88. The average Bonchev–Trinajstić information content (AvgIpc) is 1.89. The molecule has 0 atom stereocenters. The summed E-state index contributed by atoms with van der Waals surface area (Å²) in [5.41, 5.74) is 0. The van der Waals surface area contributed by atoms with Crippen LogP contribution < -0.4 is 30.3 Å². The van der Waals surface area contributed by atoms with E-state index in [1.807, 2.05) is 0 Å². The van der Waals surface area contributed by atoms with E-state index in [9.17, 15) is 0 Å². The van der Waals surface area contributed by atoms with E-state index < -0.39 is 0 Å². The predicted octanol–water partition coefficient (Wildman–Crippen LogP) is -2.07. The molecule has 0 aliphatic heterocycles. The molecule has 0 fully saturated rings. The average molecular weight is 355 g/mol. The first kappa shape index (κ1) is 10.4. The molecule has 0 aliphatic rings. The van der Waals surface area contributed by atoms with Gasteiger partial charge in [0.25, 0.3) is 0 Å². The van der Waals surface area contributed by atoms with Gasteiger partial charge in [0, 0.05) is 0 Å². The molecule has 0 aromatic rings. The molecule has 0 bridgehead atoms. The molecule has 0 radical (unpaired) electrons. The van der Waals surface area contributed by atoms with E-state index >= 15 is 0 Å². The molecular weight excluding hydrogens is 342 g/mol.